The highest BCUT2D eigenvalue weighted by molar-refractivity contribution is 6.33. The van der Waals surface area contributed by atoms with E-state index < -0.39 is 18.1 Å². The molecule has 0 amide bonds. The fourth-order valence-corrected chi connectivity index (χ4v) is 1.85. The minimum Gasteiger partial charge on any atom is -0.480 e. The van der Waals surface area contributed by atoms with Crippen molar-refractivity contribution in [3.05, 3.63) is 34.9 Å². The number of aliphatic carboxylic acids is 1. The third kappa shape index (κ3) is 3.25. The number of aliphatic hydroxyl groups is 1. The van der Waals surface area contributed by atoms with Crippen LogP contribution in [0, 0.1) is 11.3 Å². The van der Waals surface area contributed by atoms with Crippen molar-refractivity contribution in [2.75, 3.05) is 5.32 Å². The Morgan fingerprint density at radius 2 is 2.26 bits per heavy atom. The second-order valence-corrected chi connectivity index (χ2v) is 4.28. The number of anilines is 1. The van der Waals surface area contributed by atoms with Crippen LogP contribution < -0.4 is 5.32 Å². The van der Waals surface area contributed by atoms with E-state index in [9.17, 15) is 9.90 Å². The first-order valence-corrected chi connectivity index (χ1v) is 5.82. The van der Waals surface area contributed by atoms with Crippen LogP contribution in [0.5, 0.6) is 0 Å². The van der Waals surface area contributed by atoms with Crippen LogP contribution in [-0.4, -0.2) is 28.3 Å². The van der Waals surface area contributed by atoms with Crippen molar-refractivity contribution in [2.45, 2.75) is 19.1 Å². The lowest BCUT2D eigenvalue weighted by Crippen LogP contribution is -2.39. The SMILES string of the molecule is C=Cc1c(NC(C(=O)O)C(C)O)ccc(C#N)c1Cl. The zero-order valence-electron chi connectivity index (χ0n) is 10.2. The summed E-state index contributed by atoms with van der Waals surface area (Å²) in [4.78, 5) is 11.0. The quantitative estimate of drug-likeness (QED) is 0.768. The van der Waals surface area contributed by atoms with E-state index in [0.29, 0.717) is 11.3 Å². The molecule has 1 aromatic carbocycles. The van der Waals surface area contributed by atoms with Crippen LogP contribution in [-0.2, 0) is 4.79 Å². The van der Waals surface area contributed by atoms with Gasteiger partial charge in [-0.2, -0.15) is 5.26 Å². The molecule has 2 atom stereocenters. The van der Waals surface area contributed by atoms with Gasteiger partial charge in [-0.05, 0) is 19.1 Å². The minimum absolute atomic E-state index is 0.192. The van der Waals surface area contributed by atoms with Gasteiger partial charge < -0.3 is 15.5 Å². The topological polar surface area (TPSA) is 93.3 Å². The maximum atomic E-state index is 11.0. The Labute approximate surface area is 115 Å². The van der Waals surface area contributed by atoms with E-state index in [1.807, 2.05) is 6.07 Å². The van der Waals surface area contributed by atoms with Crippen molar-refractivity contribution >= 4 is 29.3 Å². The lowest BCUT2D eigenvalue weighted by Gasteiger charge is -2.20. The highest BCUT2D eigenvalue weighted by atomic mass is 35.5. The molecule has 0 spiro atoms. The number of carbonyl (C=O) groups is 1. The van der Waals surface area contributed by atoms with Gasteiger partial charge >= 0.3 is 5.97 Å². The lowest BCUT2D eigenvalue weighted by atomic mass is 10.1. The molecular weight excluding hydrogens is 268 g/mol. The number of carboxylic acid groups (broad SMARTS) is 1. The summed E-state index contributed by atoms with van der Waals surface area (Å²) in [6.45, 7) is 4.95. The second-order valence-electron chi connectivity index (χ2n) is 3.91. The molecule has 0 heterocycles. The average Bonchev–Trinajstić information content (AvgIpc) is 2.35. The van der Waals surface area contributed by atoms with Crippen LogP contribution >= 0.6 is 11.6 Å². The molecule has 100 valence electrons. The predicted octanol–water partition coefficient (Wildman–Crippen LogP) is 2.10. The number of benzene rings is 1. The standard InChI is InChI=1S/C13H13ClN2O3/c1-3-9-10(5-4-8(6-15)11(9)14)16-12(7(2)17)13(18)19/h3-5,7,12,16-17H,1H2,2H3,(H,18,19). The Morgan fingerprint density at radius 3 is 2.68 bits per heavy atom. The number of nitriles is 1. The van der Waals surface area contributed by atoms with Gasteiger partial charge in [0.15, 0.2) is 6.04 Å². The van der Waals surface area contributed by atoms with Gasteiger partial charge in [0, 0.05) is 11.3 Å². The number of carboxylic acids is 1. The molecule has 2 unspecified atom stereocenters. The summed E-state index contributed by atoms with van der Waals surface area (Å²) in [5.74, 6) is -1.19. The molecule has 1 aromatic rings. The van der Waals surface area contributed by atoms with Gasteiger partial charge in [0.2, 0.25) is 0 Å². The maximum Gasteiger partial charge on any atom is 0.328 e. The van der Waals surface area contributed by atoms with Crippen LogP contribution in [0.3, 0.4) is 0 Å². The first kappa shape index (κ1) is 15.0. The summed E-state index contributed by atoms with van der Waals surface area (Å²) in [5, 5.41) is 30.2. The highest BCUT2D eigenvalue weighted by Gasteiger charge is 2.24. The Hall–Kier alpha value is -2.03. The predicted molar refractivity (Wildman–Crippen MR) is 73.0 cm³/mol. The number of rotatable bonds is 5. The van der Waals surface area contributed by atoms with E-state index in [0.717, 1.165) is 0 Å². The molecule has 0 saturated heterocycles. The molecular formula is C13H13ClN2O3. The summed E-state index contributed by atoms with van der Waals surface area (Å²) < 4.78 is 0. The molecule has 0 radical (unpaired) electrons. The van der Waals surface area contributed by atoms with E-state index in [1.54, 1.807) is 0 Å². The lowest BCUT2D eigenvalue weighted by molar-refractivity contribution is -0.140. The first-order chi connectivity index (χ1) is 8.92. The fraction of sp³-hybridized carbons (Fsp3) is 0.231. The third-order valence-electron chi connectivity index (χ3n) is 2.56. The van der Waals surface area contributed by atoms with Crippen molar-refractivity contribution < 1.29 is 15.0 Å². The van der Waals surface area contributed by atoms with Crippen molar-refractivity contribution in [3.63, 3.8) is 0 Å². The van der Waals surface area contributed by atoms with E-state index in [-0.39, 0.29) is 10.6 Å². The summed E-state index contributed by atoms with van der Waals surface area (Å²) >= 11 is 6.01. The summed E-state index contributed by atoms with van der Waals surface area (Å²) in [5.41, 5.74) is 1.09. The molecule has 0 aliphatic rings. The minimum atomic E-state index is -1.19. The molecule has 3 N–H and O–H groups in total. The zero-order chi connectivity index (χ0) is 14.6. The summed E-state index contributed by atoms with van der Waals surface area (Å²) in [6.07, 6.45) is 0.330. The zero-order valence-corrected chi connectivity index (χ0v) is 11.0. The highest BCUT2D eigenvalue weighted by Crippen LogP contribution is 2.29. The fourth-order valence-electron chi connectivity index (χ4n) is 1.56. The van der Waals surface area contributed by atoms with Crippen LogP contribution in [0.4, 0.5) is 5.69 Å². The molecule has 0 fully saturated rings. The Morgan fingerprint density at radius 1 is 1.63 bits per heavy atom. The van der Waals surface area contributed by atoms with Gasteiger partial charge in [-0.15, -0.1) is 0 Å². The first-order valence-electron chi connectivity index (χ1n) is 5.44. The Kier molecular flexibility index (Phi) is 4.93. The third-order valence-corrected chi connectivity index (χ3v) is 2.97. The molecule has 0 saturated carbocycles. The monoisotopic (exact) mass is 280 g/mol. The van der Waals surface area contributed by atoms with Crippen LogP contribution in [0.15, 0.2) is 18.7 Å². The van der Waals surface area contributed by atoms with Crippen LogP contribution in [0.1, 0.15) is 18.1 Å². The molecule has 0 aromatic heterocycles. The molecule has 0 aliphatic heterocycles. The van der Waals surface area contributed by atoms with Gasteiger partial charge in [0.1, 0.15) is 6.07 Å². The maximum absolute atomic E-state index is 11.0. The number of hydrogen-bond acceptors (Lipinski definition) is 4. The van der Waals surface area contributed by atoms with Gasteiger partial charge in [-0.3, -0.25) is 0 Å². The smallest absolute Gasteiger partial charge is 0.328 e. The summed E-state index contributed by atoms with van der Waals surface area (Å²) in [7, 11) is 0. The van der Waals surface area contributed by atoms with Gasteiger partial charge in [0.05, 0.1) is 16.7 Å². The van der Waals surface area contributed by atoms with Crippen molar-refractivity contribution in [3.8, 4) is 6.07 Å². The van der Waals surface area contributed by atoms with E-state index in [4.69, 9.17) is 22.0 Å². The largest absolute Gasteiger partial charge is 0.480 e. The average molecular weight is 281 g/mol. The Balaban J connectivity index is 3.22. The number of nitrogens with zero attached hydrogens (tertiary/aromatic N) is 1. The van der Waals surface area contributed by atoms with Crippen molar-refractivity contribution in [1.29, 1.82) is 5.26 Å². The molecule has 0 bridgehead atoms. The number of aliphatic hydroxyl groups excluding tert-OH is 1. The summed E-state index contributed by atoms with van der Waals surface area (Å²) in [6, 6.07) is 3.74. The Bertz CT molecular complexity index is 550. The van der Waals surface area contributed by atoms with Crippen LogP contribution in [0.2, 0.25) is 5.02 Å². The van der Waals surface area contributed by atoms with E-state index >= 15 is 0 Å². The molecule has 19 heavy (non-hydrogen) atoms. The second kappa shape index (κ2) is 6.23. The molecule has 0 aliphatic carbocycles. The molecule has 6 heteroatoms. The number of hydrogen-bond donors (Lipinski definition) is 3. The van der Waals surface area contributed by atoms with Crippen molar-refractivity contribution in [2.24, 2.45) is 0 Å². The van der Waals surface area contributed by atoms with Gasteiger partial charge in [0.25, 0.3) is 0 Å². The number of halogens is 1. The molecule has 5 nitrogen and oxygen atoms in total. The van der Waals surface area contributed by atoms with Gasteiger partial charge in [-0.25, -0.2) is 4.79 Å². The van der Waals surface area contributed by atoms with Gasteiger partial charge in [-0.1, -0.05) is 24.3 Å². The van der Waals surface area contributed by atoms with Crippen molar-refractivity contribution in [1.82, 2.24) is 0 Å². The normalized spacial score (nSPS) is 13.2. The molecule has 1 rings (SSSR count). The van der Waals surface area contributed by atoms with E-state index in [1.165, 1.54) is 25.1 Å². The number of nitrogens with one attached hydrogen (secondary N) is 1. The van der Waals surface area contributed by atoms with Crippen LogP contribution in [0.25, 0.3) is 6.08 Å². The van der Waals surface area contributed by atoms with E-state index in [2.05, 4.69) is 11.9 Å².